The molecule has 0 aliphatic carbocycles. The largest absolute Gasteiger partial charge is 0.494 e. The van der Waals surface area contributed by atoms with Gasteiger partial charge in [0.2, 0.25) is 0 Å². The maximum absolute atomic E-state index is 12.3. The first-order valence-electron chi connectivity index (χ1n) is 8.81. The first-order chi connectivity index (χ1) is 11.6. The zero-order chi connectivity index (χ0) is 17.4. The van der Waals surface area contributed by atoms with Crippen molar-refractivity contribution < 1.29 is 19.4 Å². The summed E-state index contributed by atoms with van der Waals surface area (Å²) >= 11 is 0. The van der Waals surface area contributed by atoms with Crippen LogP contribution in [0.1, 0.15) is 49.4 Å². The number of carboxylic acid groups (broad SMARTS) is 1. The number of ether oxygens (including phenoxy) is 1. The van der Waals surface area contributed by atoms with E-state index in [0.29, 0.717) is 31.7 Å². The van der Waals surface area contributed by atoms with Crippen molar-refractivity contribution >= 4 is 11.8 Å². The van der Waals surface area contributed by atoms with Crippen molar-refractivity contribution in [1.29, 1.82) is 0 Å². The van der Waals surface area contributed by atoms with Crippen LogP contribution in [0.5, 0.6) is 5.75 Å². The summed E-state index contributed by atoms with van der Waals surface area (Å²) in [6, 6.07) is 7.29. The van der Waals surface area contributed by atoms with Gasteiger partial charge in [0.05, 0.1) is 12.5 Å². The number of likely N-dealkylation sites (tertiary alicyclic amines) is 1. The molecule has 24 heavy (non-hydrogen) atoms. The Labute approximate surface area is 143 Å². The molecular formula is C19H27NO4. The minimum Gasteiger partial charge on any atom is -0.494 e. The summed E-state index contributed by atoms with van der Waals surface area (Å²) in [7, 11) is 0. The van der Waals surface area contributed by atoms with Gasteiger partial charge >= 0.3 is 5.97 Å². The van der Waals surface area contributed by atoms with Crippen LogP contribution in [-0.2, 0) is 4.79 Å². The van der Waals surface area contributed by atoms with E-state index in [4.69, 9.17) is 9.84 Å². The van der Waals surface area contributed by atoms with Crippen LogP contribution < -0.4 is 4.74 Å². The number of carboxylic acids is 1. The van der Waals surface area contributed by atoms with Crippen molar-refractivity contribution in [2.45, 2.75) is 39.0 Å². The molecule has 1 fully saturated rings. The molecule has 1 aromatic carbocycles. The van der Waals surface area contributed by atoms with E-state index in [9.17, 15) is 9.59 Å². The number of hydrogen-bond donors (Lipinski definition) is 1. The zero-order valence-electron chi connectivity index (χ0n) is 14.4. The SMILES string of the molecule is CCCCOc1ccc(C(=O)CCN2CCCC(C(=O)O)C2)cc1. The van der Waals surface area contributed by atoms with Crippen molar-refractivity contribution in [3.63, 3.8) is 0 Å². The normalized spacial score (nSPS) is 18.3. The van der Waals surface area contributed by atoms with E-state index in [1.807, 2.05) is 12.1 Å². The number of aliphatic carboxylic acids is 1. The molecule has 1 unspecified atom stereocenters. The zero-order valence-corrected chi connectivity index (χ0v) is 14.4. The highest BCUT2D eigenvalue weighted by Gasteiger charge is 2.25. The van der Waals surface area contributed by atoms with Gasteiger partial charge in [-0.1, -0.05) is 13.3 Å². The van der Waals surface area contributed by atoms with Crippen LogP contribution in [-0.4, -0.2) is 48.0 Å². The summed E-state index contributed by atoms with van der Waals surface area (Å²) < 4.78 is 5.60. The number of rotatable bonds is 9. The number of Topliss-reactive ketones (excluding diaryl/α,β-unsaturated/α-hetero) is 1. The Bertz CT molecular complexity index is 541. The first kappa shape index (κ1) is 18.5. The van der Waals surface area contributed by atoms with Gasteiger partial charge in [0, 0.05) is 25.1 Å². The lowest BCUT2D eigenvalue weighted by atomic mass is 9.98. The Balaban J connectivity index is 1.78. The molecular weight excluding hydrogens is 306 g/mol. The molecule has 0 radical (unpaired) electrons. The molecule has 0 aromatic heterocycles. The summed E-state index contributed by atoms with van der Waals surface area (Å²) in [4.78, 5) is 25.5. The molecule has 1 atom stereocenters. The monoisotopic (exact) mass is 333 g/mol. The van der Waals surface area contributed by atoms with Crippen molar-refractivity contribution in [1.82, 2.24) is 4.90 Å². The molecule has 0 bridgehead atoms. The molecule has 1 N–H and O–H groups in total. The maximum atomic E-state index is 12.3. The number of hydrogen-bond acceptors (Lipinski definition) is 4. The Kier molecular flexibility index (Phi) is 7.25. The summed E-state index contributed by atoms with van der Waals surface area (Å²) in [6.07, 6.45) is 4.15. The number of ketones is 1. The van der Waals surface area contributed by atoms with Crippen LogP contribution in [0.2, 0.25) is 0 Å². The highest BCUT2D eigenvalue weighted by atomic mass is 16.5. The second kappa shape index (κ2) is 9.42. The van der Waals surface area contributed by atoms with Gasteiger partial charge in [-0.15, -0.1) is 0 Å². The number of piperidine rings is 1. The molecule has 1 heterocycles. The maximum Gasteiger partial charge on any atom is 0.307 e. The van der Waals surface area contributed by atoms with Gasteiger partial charge in [-0.25, -0.2) is 0 Å². The van der Waals surface area contributed by atoms with E-state index in [1.165, 1.54) is 0 Å². The number of unbranched alkanes of at least 4 members (excludes halogenated alkanes) is 1. The van der Waals surface area contributed by atoms with Gasteiger partial charge in [-0.2, -0.15) is 0 Å². The molecule has 5 heteroatoms. The third-order valence-electron chi connectivity index (χ3n) is 4.45. The second-order valence-corrected chi connectivity index (χ2v) is 6.38. The number of benzene rings is 1. The van der Waals surface area contributed by atoms with Gasteiger partial charge < -0.3 is 14.7 Å². The molecule has 0 saturated carbocycles. The molecule has 132 valence electrons. The average Bonchev–Trinajstić information content (AvgIpc) is 2.60. The summed E-state index contributed by atoms with van der Waals surface area (Å²) in [5.74, 6) is -0.147. The van der Waals surface area contributed by atoms with Crippen molar-refractivity contribution in [2.75, 3.05) is 26.2 Å². The summed E-state index contributed by atoms with van der Waals surface area (Å²) in [5, 5.41) is 9.11. The van der Waals surface area contributed by atoms with E-state index in [2.05, 4.69) is 11.8 Å². The van der Waals surface area contributed by atoms with Gasteiger partial charge in [0.25, 0.3) is 0 Å². The molecule has 1 aliphatic heterocycles. The van der Waals surface area contributed by atoms with Crippen LogP contribution >= 0.6 is 0 Å². The highest BCUT2D eigenvalue weighted by Crippen LogP contribution is 2.18. The summed E-state index contributed by atoms with van der Waals surface area (Å²) in [5.41, 5.74) is 0.685. The molecule has 1 saturated heterocycles. The van der Waals surface area contributed by atoms with Gasteiger partial charge in [0.15, 0.2) is 5.78 Å². The predicted octanol–water partition coefficient (Wildman–Crippen LogP) is 3.23. The van der Waals surface area contributed by atoms with E-state index >= 15 is 0 Å². The lowest BCUT2D eigenvalue weighted by molar-refractivity contribution is -0.143. The quantitative estimate of drug-likeness (QED) is 0.555. The highest BCUT2D eigenvalue weighted by molar-refractivity contribution is 5.96. The molecule has 0 spiro atoms. The Morgan fingerprint density at radius 3 is 2.71 bits per heavy atom. The fraction of sp³-hybridized carbons (Fsp3) is 0.579. The first-order valence-corrected chi connectivity index (χ1v) is 8.81. The number of carbonyl (C=O) groups excluding carboxylic acids is 1. The minimum atomic E-state index is -0.732. The Hall–Kier alpha value is -1.88. The van der Waals surface area contributed by atoms with Crippen LogP contribution in [0, 0.1) is 5.92 Å². The van der Waals surface area contributed by atoms with Gasteiger partial charge in [-0.3, -0.25) is 9.59 Å². The summed E-state index contributed by atoms with van der Waals surface area (Å²) in [6.45, 7) is 4.86. The van der Waals surface area contributed by atoms with Gasteiger partial charge in [0.1, 0.15) is 5.75 Å². The standard InChI is InChI=1S/C19H27NO4/c1-2-3-13-24-17-8-6-15(7-9-17)18(21)10-12-20-11-4-5-16(14-20)19(22)23/h6-9,16H,2-5,10-14H2,1H3,(H,22,23). The molecule has 2 rings (SSSR count). The number of nitrogens with zero attached hydrogens (tertiary/aromatic N) is 1. The van der Waals surface area contributed by atoms with E-state index in [0.717, 1.165) is 38.0 Å². The van der Waals surface area contributed by atoms with Crippen LogP contribution in [0.3, 0.4) is 0 Å². The molecule has 1 aromatic rings. The molecule has 0 amide bonds. The van der Waals surface area contributed by atoms with Crippen molar-refractivity contribution in [3.05, 3.63) is 29.8 Å². The minimum absolute atomic E-state index is 0.0903. The van der Waals surface area contributed by atoms with E-state index in [-0.39, 0.29) is 11.7 Å². The van der Waals surface area contributed by atoms with Crippen LogP contribution in [0.15, 0.2) is 24.3 Å². The lowest BCUT2D eigenvalue weighted by Crippen LogP contribution is -2.39. The second-order valence-electron chi connectivity index (χ2n) is 6.38. The van der Waals surface area contributed by atoms with Gasteiger partial charge in [-0.05, 0) is 50.1 Å². The van der Waals surface area contributed by atoms with Crippen molar-refractivity contribution in [3.8, 4) is 5.75 Å². The Morgan fingerprint density at radius 1 is 1.29 bits per heavy atom. The third kappa shape index (κ3) is 5.64. The third-order valence-corrected chi connectivity index (χ3v) is 4.45. The number of carbonyl (C=O) groups is 2. The van der Waals surface area contributed by atoms with Crippen LogP contribution in [0.25, 0.3) is 0 Å². The fourth-order valence-corrected chi connectivity index (χ4v) is 2.94. The topological polar surface area (TPSA) is 66.8 Å². The average molecular weight is 333 g/mol. The molecule has 1 aliphatic rings. The van der Waals surface area contributed by atoms with Crippen LogP contribution in [0.4, 0.5) is 0 Å². The van der Waals surface area contributed by atoms with Crippen molar-refractivity contribution in [2.24, 2.45) is 5.92 Å². The lowest BCUT2D eigenvalue weighted by Gasteiger charge is -2.30. The van der Waals surface area contributed by atoms with E-state index in [1.54, 1.807) is 12.1 Å². The van der Waals surface area contributed by atoms with E-state index < -0.39 is 5.97 Å². The smallest absolute Gasteiger partial charge is 0.307 e. The molecule has 5 nitrogen and oxygen atoms in total. The predicted molar refractivity (Wildman–Crippen MR) is 92.6 cm³/mol. The fourth-order valence-electron chi connectivity index (χ4n) is 2.94. The Morgan fingerprint density at radius 2 is 2.04 bits per heavy atom.